The minimum absolute atomic E-state index is 0.0105. The first-order chi connectivity index (χ1) is 10.5. The lowest BCUT2D eigenvalue weighted by atomic mass is 10.2. The van der Waals surface area contributed by atoms with Crippen LogP contribution in [-0.4, -0.2) is 20.9 Å². The van der Waals surface area contributed by atoms with Crippen molar-refractivity contribution in [1.29, 1.82) is 0 Å². The maximum Gasteiger partial charge on any atom is 0.263 e. The third-order valence-electron chi connectivity index (χ3n) is 2.99. The number of ether oxygens (including phenoxy) is 1. The molecule has 0 spiro atoms. The summed E-state index contributed by atoms with van der Waals surface area (Å²) in [5.41, 5.74) is 0.812. The van der Waals surface area contributed by atoms with E-state index in [1.165, 1.54) is 24.3 Å². The Morgan fingerprint density at radius 3 is 2.73 bits per heavy atom. The molecule has 1 heterocycles. The van der Waals surface area contributed by atoms with Crippen molar-refractivity contribution < 1.29 is 17.9 Å². The summed E-state index contributed by atoms with van der Waals surface area (Å²) in [6, 6.07) is 10.8. The van der Waals surface area contributed by atoms with E-state index in [4.69, 9.17) is 16.3 Å². The summed E-state index contributed by atoms with van der Waals surface area (Å²) in [6.07, 6.45) is 0. The molecular weight excluding hydrogens is 328 g/mol. The fourth-order valence-electron chi connectivity index (χ4n) is 2.01. The van der Waals surface area contributed by atoms with Gasteiger partial charge >= 0.3 is 0 Å². The molecule has 1 aliphatic rings. The average molecular weight is 339 g/mol. The second kappa shape index (κ2) is 5.51. The van der Waals surface area contributed by atoms with Crippen LogP contribution >= 0.6 is 11.6 Å². The zero-order valence-corrected chi connectivity index (χ0v) is 12.7. The fraction of sp³-hybridized carbons (Fsp3) is 0.0714. The highest BCUT2D eigenvalue weighted by Gasteiger charge is 2.20. The smallest absolute Gasteiger partial charge is 0.263 e. The molecule has 0 aromatic heterocycles. The molecule has 0 fully saturated rings. The predicted octanol–water partition coefficient (Wildman–Crippen LogP) is 2.47. The van der Waals surface area contributed by atoms with Gasteiger partial charge in [0.15, 0.2) is 6.61 Å². The van der Waals surface area contributed by atoms with Crippen LogP contribution < -0.4 is 14.8 Å². The number of sulfonamides is 1. The van der Waals surface area contributed by atoms with Crippen LogP contribution in [0.1, 0.15) is 0 Å². The Balaban J connectivity index is 1.90. The van der Waals surface area contributed by atoms with Crippen LogP contribution in [0.15, 0.2) is 47.4 Å². The standard InChI is InChI=1S/C14H11ClN2O4S/c15-10-3-1-2-4-13(10)22(19,20)17-9-5-6-11-12(7-9)21-8-14(18)16-11/h1-7,17H,8H2,(H,16,18). The maximum atomic E-state index is 12.3. The number of amides is 1. The summed E-state index contributed by atoms with van der Waals surface area (Å²) in [6.45, 7) is -0.103. The van der Waals surface area contributed by atoms with Gasteiger partial charge in [0.05, 0.1) is 16.4 Å². The lowest BCUT2D eigenvalue weighted by molar-refractivity contribution is -0.118. The molecule has 22 heavy (non-hydrogen) atoms. The molecule has 0 saturated carbocycles. The van der Waals surface area contributed by atoms with Crippen LogP contribution in [0.25, 0.3) is 0 Å². The van der Waals surface area contributed by atoms with Gasteiger partial charge in [0.2, 0.25) is 0 Å². The van der Waals surface area contributed by atoms with E-state index >= 15 is 0 Å². The molecule has 0 saturated heterocycles. The number of anilines is 2. The first kappa shape index (κ1) is 14.7. The molecule has 8 heteroatoms. The van der Waals surface area contributed by atoms with E-state index in [-0.39, 0.29) is 22.4 Å². The van der Waals surface area contributed by atoms with E-state index in [0.717, 1.165) is 0 Å². The zero-order chi connectivity index (χ0) is 15.7. The van der Waals surface area contributed by atoms with Crippen molar-refractivity contribution in [3.05, 3.63) is 47.5 Å². The van der Waals surface area contributed by atoms with E-state index in [0.29, 0.717) is 17.1 Å². The van der Waals surface area contributed by atoms with E-state index in [1.807, 2.05) is 0 Å². The molecule has 2 aromatic rings. The van der Waals surface area contributed by atoms with Gasteiger partial charge in [0, 0.05) is 6.07 Å². The Kier molecular flexibility index (Phi) is 3.67. The molecule has 6 nitrogen and oxygen atoms in total. The number of benzene rings is 2. The molecule has 1 aliphatic heterocycles. The molecule has 0 radical (unpaired) electrons. The Morgan fingerprint density at radius 1 is 1.18 bits per heavy atom. The van der Waals surface area contributed by atoms with Gasteiger partial charge in [0.1, 0.15) is 10.6 Å². The summed E-state index contributed by atoms with van der Waals surface area (Å²) in [5, 5.41) is 2.76. The first-order valence-electron chi connectivity index (χ1n) is 6.30. The third kappa shape index (κ3) is 2.86. The highest BCUT2D eigenvalue weighted by Crippen LogP contribution is 2.32. The average Bonchev–Trinajstić information content (AvgIpc) is 2.47. The molecule has 2 aromatic carbocycles. The monoisotopic (exact) mass is 338 g/mol. The van der Waals surface area contributed by atoms with Crippen molar-refractivity contribution in [1.82, 2.24) is 0 Å². The van der Waals surface area contributed by atoms with Gasteiger partial charge in [-0.2, -0.15) is 0 Å². The predicted molar refractivity (Wildman–Crippen MR) is 82.8 cm³/mol. The van der Waals surface area contributed by atoms with Gasteiger partial charge in [0.25, 0.3) is 15.9 Å². The van der Waals surface area contributed by atoms with Crippen molar-refractivity contribution in [2.45, 2.75) is 4.90 Å². The Bertz CT molecular complexity index is 852. The number of rotatable bonds is 3. The van der Waals surface area contributed by atoms with E-state index in [9.17, 15) is 13.2 Å². The minimum atomic E-state index is -3.81. The summed E-state index contributed by atoms with van der Waals surface area (Å²) in [7, 11) is -3.81. The molecule has 0 bridgehead atoms. The van der Waals surface area contributed by atoms with Crippen molar-refractivity contribution in [2.24, 2.45) is 0 Å². The van der Waals surface area contributed by atoms with Crippen LogP contribution in [0, 0.1) is 0 Å². The van der Waals surface area contributed by atoms with Crippen LogP contribution in [-0.2, 0) is 14.8 Å². The molecule has 0 aliphatic carbocycles. The SMILES string of the molecule is O=C1COc2cc(NS(=O)(=O)c3ccccc3Cl)ccc2N1. The summed E-state index contributed by atoms with van der Waals surface area (Å²) in [5.74, 6) is 0.149. The molecular formula is C14H11ClN2O4S. The number of carbonyl (C=O) groups excluding carboxylic acids is 1. The number of nitrogens with one attached hydrogen (secondary N) is 2. The van der Waals surface area contributed by atoms with E-state index < -0.39 is 10.0 Å². The topological polar surface area (TPSA) is 84.5 Å². The Labute approximate surface area is 132 Å². The number of carbonyl (C=O) groups is 1. The molecule has 3 rings (SSSR count). The van der Waals surface area contributed by atoms with Crippen molar-refractivity contribution in [3.8, 4) is 5.75 Å². The van der Waals surface area contributed by atoms with Crippen molar-refractivity contribution >= 4 is 38.9 Å². The summed E-state index contributed by atoms with van der Waals surface area (Å²) >= 11 is 5.92. The number of halogens is 1. The normalized spacial score (nSPS) is 13.8. The maximum absolute atomic E-state index is 12.3. The molecule has 2 N–H and O–H groups in total. The Morgan fingerprint density at radius 2 is 1.95 bits per heavy atom. The van der Waals surface area contributed by atoms with Crippen LogP contribution in [0.5, 0.6) is 5.75 Å². The van der Waals surface area contributed by atoms with Gasteiger partial charge in [-0.25, -0.2) is 8.42 Å². The molecule has 0 unspecified atom stereocenters. The molecule has 1 amide bonds. The van der Waals surface area contributed by atoms with E-state index in [1.54, 1.807) is 18.2 Å². The second-order valence-corrected chi connectivity index (χ2v) is 6.64. The lowest BCUT2D eigenvalue weighted by Gasteiger charge is -2.19. The van der Waals surface area contributed by atoms with Crippen molar-refractivity contribution in [3.63, 3.8) is 0 Å². The third-order valence-corrected chi connectivity index (χ3v) is 4.87. The van der Waals surface area contributed by atoms with Gasteiger partial charge < -0.3 is 10.1 Å². The van der Waals surface area contributed by atoms with Crippen LogP contribution in [0.2, 0.25) is 5.02 Å². The van der Waals surface area contributed by atoms with Gasteiger partial charge in [-0.1, -0.05) is 23.7 Å². The van der Waals surface area contributed by atoms with Crippen LogP contribution in [0.3, 0.4) is 0 Å². The molecule has 0 atom stereocenters. The summed E-state index contributed by atoms with van der Waals surface area (Å²) in [4.78, 5) is 11.2. The number of hydrogen-bond donors (Lipinski definition) is 2. The van der Waals surface area contributed by atoms with Gasteiger partial charge in [-0.05, 0) is 24.3 Å². The highest BCUT2D eigenvalue weighted by molar-refractivity contribution is 7.92. The largest absolute Gasteiger partial charge is 0.482 e. The first-order valence-corrected chi connectivity index (χ1v) is 8.16. The lowest BCUT2D eigenvalue weighted by Crippen LogP contribution is -2.25. The fourth-order valence-corrected chi connectivity index (χ4v) is 3.58. The van der Waals surface area contributed by atoms with Crippen LogP contribution in [0.4, 0.5) is 11.4 Å². The quantitative estimate of drug-likeness (QED) is 0.900. The zero-order valence-electron chi connectivity index (χ0n) is 11.2. The Hall–Kier alpha value is -2.25. The van der Waals surface area contributed by atoms with Crippen molar-refractivity contribution in [2.75, 3.05) is 16.6 Å². The number of hydrogen-bond acceptors (Lipinski definition) is 4. The summed E-state index contributed by atoms with van der Waals surface area (Å²) < 4.78 is 32.4. The minimum Gasteiger partial charge on any atom is -0.482 e. The van der Waals surface area contributed by atoms with Gasteiger partial charge in [-0.15, -0.1) is 0 Å². The molecule has 114 valence electrons. The van der Waals surface area contributed by atoms with Gasteiger partial charge in [-0.3, -0.25) is 9.52 Å². The van der Waals surface area contributed by atoms with E-state index in [2.05, 4.69) is 10.0 Å². The highest BCUT2D eigenvalue weighted by atomic mass is 35.5. The number of fused-ring (bicyclic) bond motifs is 1. The second-order valence-electron chi connectivity index (χ2n) is 4.58.